The number of nitrogens with one attached hydrogen (secondary N) is 1. The van der Waals surface area contributed by atoms with Crippen LogP contribution >= 0.6 is 0 Å². The van der Waals surface area contributed by atoms with Gasteiger partial charge in [0.25, 0.3) is 11.8 Å². The van der Waals surface area contributed by atoms with Gasteiger partial charge in [-0.15, -0.1) is 0 Å². The minimum Gasteiger partial charge on any atom is -0.479 e. The van der Waals surface area contributed by atoms with E-state index in [-0.39, 0.29) is 11.8 Å². The molecule has 1 aromatic carbocycles. The van der Waals surface area contributed by atoms with Crippen LogP contribution in [0.15, 0.2) is 18.2 Å². The summed E-state index contributed by atoms with van der Waals surface area (Å²) in [5.74, 6) is -0.171. The Morgan fingerprint density at radius 3 is 2.67 bits per heavy atom. The summed E-state index contributed by atoms with van der Waals surface area (Å²) in [6, 6.07) is 5.14. The Morgan fingerprint density at radius 2 is 1.96 bits per heavy atom. The minimum atomic E-state index is -0.524. The Balaban J connectivity index is 1.47. The molecule has 0 bridgehead atoms. The Morgan fingerprint density at radius 1 is 1.25 bits per heavy atom. The van der Waals surface area contributed by atoms with Gasteiger partial charge in [-0.3, -0.25) is 9.59 Å². The number of rotatable bonds is 1. The average molecular weight is 332 g/mol. The van der Waals surface area contributed by atoms with Crippen molar-refractivity contribution in [1.29, 1.82) is 0 Å². The van der Waals surface area contributed by atoms with E-state index in [0.717, 1.165) is 0 Å². The monoisotopic (exact) mass is 332 g/mol. The van der Waals surface area contributed by atoms with Crippen LogP contribution in [0, 0.1) is 0 Å². The van der Waals surface area contributed by atoms with Gasteiger partial charge in [-0.05, 0) is 25.1 Å². The van der Waals surface area contributed by atoms with Crippen molar-refractivity contribution in [3.05, 3.63) is 23.8 Å². The maximum Gasteiger partial charge on any atom is 0.265 e. The second-order valence-electron chi connectivity index (χ2n) is 6.36. The summed E-state index contributed by atoms with van der Waals surface area (Å²) in [5, 5.41) is 2.77. The van der Waals surface area contributed by atoms with Crippen LogP contribution in [0.25, 0.3) is 0 Å². The van der Waals surface area contributed by atoms with Gasteiger partial charge in [-0.2, -0.15) is 0 Å². The van der Waals surface area contributed by atoms with Gasteiger partial charge in [-0.25, -0.2) is 0 Å². The zero-order valence-electron chi connectivity index (χ0n) is 13.5. The highest BCUT2D eigenvalue weighted by Gasteiger charge is 2.41. The highest BCUT2D eigenvalue weighted by atomic mass is 16.7. The molecular weight excluding hydrogens is 312 g/mol. The van der Waals surface area contributed by atoms with Crippen molar-refractivity contribution in [2.45, 2.75) is 31.7 Å². The molecule has 2 saturated heterocycles. The lowest BCUT2D eigenvalue weighted by atomic mass is 10.0. The first kappa shape index (κ1) is 15.4. The molecule has 4 rings (SSSR count). The van der Waals surface area contributed by atoms with E-state index in [0.29, 0.717) is 56.1 Å². The molecule has 0 aromatic heterocycles. The second kappa shape index (κ2) is 5.75. The highest BCUT2D eigenvalue weighted by Crippen LogP contribution is 2.33. The van der Waals surface area contributed by atoms with Crippen LogP contribution in [0.1, 0.15) is 30.1 Å². The van der Waals surface area contributed by atoms with Gasteiger partial charge in [-0.1, -0.05) is 0 Å². The Hall–Kier alpha value is -2.12. The van der Waals surface area contributed by atoms with Gasteiger partial charge in [0.05, 0.1) is 18.9 Å². The molecule has 7 nitrogen and oxygen atoms in total. The van der Waals surface area contributed by atoms with Gasteiger partial charge in [0, 0.05) is 31.5 Å². The van der Waals surface area contributed by atoms with Crippen molar-refractivity contribution < 1.29 is 23.8 Å². The molecule has 0 aliphatic carbocycles. The fourth-order valence-corrected chi connectivity index (χ4v) is 3.36. The van der Waals surface area contributed by atoms with Crippen LogP contribution in [-0.4, -0.2) is 54.9 Å². The molecule has 0 radical (unpaired) electrons. The molecule has 24 heavy (non-hydrogen) atoms. The number of likely N-dealkylation sites (tertiary alicyclic amines) is 1. The van der Waals surface area contributed by atoms with Crippen molar-refractivity contribution >= 4 is 17.5 Å². The fourth-order valence-electron chi connectivity index (χ4n) is 3.36. The largest absolute Gasteiger partial charge is 0.479 e. The van der Waals surface area contributed by atoms with Crippen molar-refractivity contribution in [1.82, 2.24) is 4.90 Å². The summed E-state index contributed by atoms with van der Waals surface area (Å²) < 4.78 is 16.9. The van der Waals surface area contributed by atoms with E-state index >= 15 is 0 Å². The van der Waals surface area contributed by atoms with E-state index in [1.165, 1.54) is 0 Å². The third kappa shape index (κ3) is 2.63. The smallest absolute Gasteiger partial charge is 0.265 e. The number of nitrogens with zero attached hydrogens (tertiary/aromatic N) is 1. The molecule has 1 N–H and O–H groups in total. The molecule has 2 amide bonds. The van der Waals surface area contributed by atoms with Crippen LogP contribution in [-0.2, 0) is 14.3 Å². The number of hydrogen-bond donors (Lipinski definition) is 1. The van der Waals surface area contributed by atoms with Crippen molar-refractivity contribution in [2.75, 3.05) is 31.6 Å². The van der Waals surface area contributed by atoms with E-state index in [4.69, 9.17) is 14.2 Å². The molecule has 3 aliphatic rings. The molecule has 1 aromatic rings. The SMILES string of the molecule is CC1Oc2ccc(C(=O)N3CCC4(CC3)OCCO4)cc2NC1=O. The zero-order chi connectivity index (χ0) is 16.7. The molecule has 1 spiro atoms. The molecular formula is C17H20N2O5. The fraction of sp³-hybridized carbons (Fsp3) is 0.529. The van der Waals surface area contributed by atoms with Crippen LogP contribution in [0.3, 0.4) is 0 Å². The average Bonchev–Trinajstić information content (AvgIpc) is 3.04. The zero-order valence-corrected chi connectivity index (χ0v) is 13.5. The lowest BCUT2D eigenvalue weighted by molar-refractivity contribution is -0.181. The maximum atomic E-state index is 12.7. The third-order valence-corrected chi connectivity index (χ3v) is 4.78. The lowest BCUT2D eigenvalue weighted by Gasteiger charge is -2.37. The summed E-state index contributed by atoms with van der Waals surface area (Å²) in [6.07, 6.45) is 0.839. The van der Waals surface area contributed by atoms with Crippen LogP contribution < -0.4 is 10.1 Å². The summed E-state index contributed by atoms with van der Waals surface area (Å²) >= 11 is 0. The minimum absolute atomic E-state index is 0.0569. The molecule has 1 unspecified atom stereocenters. The number of anilines is 1. The summed E-state index contributed by atoms with van der Waals surface area (Å²) in [5.41, 5.74) is 1.08. The number of hydrogen-bond acceptors (Lipinski definition) is 5. The number of carbonyl (C=O) groups excluding carboxylic acids is 2. The highest BCUT2D eigenvalue weighted by molar-refractivity contribution is 6.01. The van der Waals surface area contributed by atoms with Gasteiger partial charge in [0.15, 0.2) is 11.9 Å². The molecule has 3 heterocycles. The van der Waals surface area contributed by atoms with Gasteiger partial charge in [0.2, 0.25) is 0 Å². The van der Waals surface area contributed by atoms with Crippen LogP contribution in [0.5, 0.6) is 5.75 Å². The summed E-state index contributed by atoms with van der Waals surface area (Å²) in [6.45, 7) is 4.12. The number of ether oxygens (including phenoxy) is 3. The number of carbonyl (C=O) groups is 2. The lowest BCUT2D eigenvalue weighted by Crippen LogP contribution is -2.47. The Bertz CT molecular complexity index is 674. The molecule has 0 saturated carbocycles. The topological polar surface area (TPSA) is 77.1 Å². The quantitative estimate of drug-likeness (QED) is 0.841. The van der Waals surface area contributed by atoms with Gasteiger partial charge in [0.1, 0.15) is 5.75 Å². The molecule has 7 heteroatoms. The van der Waals surface area contributed by atoms with Crippen molar-refractivity contribution in [2.24, 2.45) is 0 Å². The van der Waals surface area contributed by atoms with Crippen LogP contribution in [0.2, 0.25) is 0 Å². The number of amides is 2. The molecule has 128 valence electrons. The molecule has 3 aliphatic heterocycles. The van der Waals surface area contributed by atoms with E-state index in [9.17, 15) is 9.59 Å². The van der Waals surface area contributed by atoms with E-state index in [1.54, 1.807) is 30.0 Å². The van der Waals surface area contributed by atoms with Gasteiger partial charge < -0.3 is 24.4 Å². The maximum absolute atomic E-state index is 12.7. The summed E-state index contributed by atoms with van der Waals surface area (Å²) in [7, 11) is 0. The standard InChI is InChI=1S/C17H20N2O5/c1-11-15(20)18-13-10-12(2-3-14(13)24-11)16(21)19-6-4-17(5-7-19)22-8-9-23-17/h2-3,10-11H,4-9H2,1H3,(H,18,20). The number of fused-ring (bicyclic) bond motifs is 1. The molecule has 1 atom stereocenters. The molecule has 2 fully saturated rings. The Kier molecular flexibility index (Phi) is 3.69. The Labute approximate surface area is 139 Å². The normalized spacial score (nSPS) is 25.1. The van der Waals surface area contributed by atoms with Gasteiger partial charge >= 0.3 is 0 Å². The van der Waals surface area contributed by atoms with E-state index in [1.807, 2.05) is 0 Å². The second-order valence-corrected chi connectivity index (χ2v) is 6.36. The van der Waals surface area contributed by atoms with E-state index in [2.05, 4.69) is 5.32 Å². The van der Waals surface area contributed by atoms with Crippen LogP contribution in [0.4, 0.5) is 5.69 Å². The number of piperidine rings is 1. The van der Waals surface area contributed by atoms with E-state index < -0.39 is 11.9 Å². The first-order valence-electron chi connectivity index (χ1n) is 8.25. The van der Waals surface area contributed by atoms with Crippen molar-refractivity contribution in [3.63, 3.8) is 0 Å². The first-order chi connectivity index (χ1) is 11.6. The summed E-state index contributed by atoms with van der Waals surface area (Å²) in [4.78, 5) is 26.2. The third-order valence-electron chi connectivity index (χ3n) is 4.78. The number of benzene rings is 1. The predicted molar refractivity (Wildman–Crippen MR) is 84.9 cm³/mol. The first-order valence-corrected chi connectivity index (χ1v) is 8.25. The van der Waals surface area contributed by atoms with Crippen molar-refractivity contribution in [3.8, 4) is 5.75 Å². The predicted octanol–water partition coefficient (Wildman–Crippen LogP) is 1.39.